The number of carbonyl (C=O) groups excluding carboxylic acids is 1. The van der Waals surface area contributed by atoms with E-state index in [2.05, 4.69) is 5.32 Å². The van der Waals surface area contributed by atoms with E-state index in [-0.39, 0.29) is 5.91 Å². The van der Waals surface area contributed by atoms with Crippen molar-refractivity contribution < 1.29 is 4.79 Å². The maximum Gasteiger partial charge on any atom is 0.261 e. The van der Waals surface area contributed by atoms with E-state index in [1.165, 1.54) is 19.3 Å². The minimum Gasteiger partial charge on any atom is -0.349 e. The molecule has 3 nitrogen and oxygen atoms in total. The number of hydrogen-bond donors (Lipinski definition) is 2. The Balaban J connectivity index is 2.24. The first kappa shape index (κ1) is 8.24. The van der Waals surface area contributed by atoms with E-state index < -0.39 is 0 Å². The smallest absolute Gasteiger partial charge is 0.261 e. The summed E-state index contributed by atoms with van der Waals surface area (Å²) in [5.41, 5.74) is 0. The van der Waals surface area contributed by atoms with Gasteiger partial charge in [-0.15, -0.1) is 0 Å². The molecule has 1 rings (SSSR count). The van der Waals surface area contributed by atoms with Gasteiger partial charge in [-0.25, -0.2) is 0 Å². The minimum atomic E-state index is -0.253. The summed E-state index contributed by atoms with van der Waals surface area (Å²) in [4.78, 5) is 10.7. The fourth-order valence-corrected chi connectivity index (χ4v) is 1.49. The van der Waals surface area contributed by atoms with Crippen molar-refractivity contribution in [1.29, 1.82) is 5.41 Å². The van der Waals surface area contributed by atoms with E-state index in [4.69, 9.17) is 5.41 Å². The highest BCUT2D eigenvalue weighted by Crippen LogP contribution is 2.16. The number of carbonyl (C=O) groups is 1. The number of amides is 1. The van der Waals surface area contributed by atoms with Crippen LogP contribution in [0.1, 0.15) is 32.1 Å². The number of rotatable bonds is 2. The van der Waals surface area contributed by atoms with Gasteiger partial charge in [0.15, 0.2) is 0 Å². The van der Waals surface area contributed by atoms with Crippen LogP contribution < -0.4 is 5.32 Å². The molecule has 0 aromatic rings. The number of hydrogen-bond acceptors (Lipinski definition) is 2. The van der Waals surface area contributed by atoms with Crippen LogP contribution in [-0.4, -0.2) is 18.2 Å². The second kappa shape index (κ2) is 4.11. The molecule has 11 heavy (non-hydrogen) atoms. The molecule has 1 aliphatic rings. The van der Waals surface area contributed by atoms with Gasteiger partial charge in [0, 0.05) is 6.04 Å². The quantitative estimate of drug-likeness (QED) is 0.575. The summed E-state index contributed by atoms with van der Waals surface area (Å²) in [6.45, 7) is 0. The fraction of sp³-hybridized carbons (Fsp3) is 0.750. The molecule has 2 N–H and O–H groups in total. The third-order valence-electron chi connectivity index (χ3n) is 2.08. The second-order valence-electron chi connectivity index (χ2n) is 2.99. The van der Waals surface area contributed by atoms with Crippen LogP contribution in [0.25, 0.3) is 0 Å². The Morgan fingerprint density at radius 1 is 1.36 bits per heavy atom. The van der Waals surface area contributed by atoms with E-state index in [0.717, 1.165) is 19.1 Å². The zero-order chi connectivity index (χ0) is 8.10. The Morgan fingerprint density at radius 2 is 2.00 bits per heavy atom. The number of nitrogens with one attached hydrogen (secondary N) is 2. The summed E-state index contributed by atoms with van der Waals surface area (Å²) in [6, 6.07) is 0.331. The van der Waals surface area contributed by atoms with E-state index in [9.17, 15) is 4.79 Å². The molecular weight excluding hydrogens is 140 g/mol. The Labute approximate surface area is 66.7 Å². The molecule has 0 aliphatic heterocycles. The van der Waals surface area contributed by atoms with Crippen LogP contribution in [0.2, 0.25) is 0 Å². The van der Waals surface area contributed by atoms with Gasteiger partial charge in [-0.2, -0.15) is 0 Å². The van der Waals surface area contributed by atoms with Gasteiger partial charge in [0.2, 0.25) is 0 Å². The van der Waals surface area contributed by atoms with Crippen molar-refractivity contribution in [3.05, 3.63) is 0 Å². The summed E-state index contributed by atoms with van der Waals surface area (Å²) in [7, 11) is 0. The summed E-state index contributed by atoms with van der Waals surface area (Å²) >= 11 is 0. The summed E-state index contributed by atoms with van der Waals surface area (Å²) in [5.74, 6) is -0.253. The Bertz CT molecular complexity index is 150. The van der Waals surface area contributed by atoms with Crippen molar-refractivity contribution in [1.82, 2.24) is 5.32 Å². The summed E-state index contributed by atoms with van der Waals surface area (Å²) < 4.78 is 0. The Kier molecular flexibility index (Phi) is 3.08. The van der Waals surface area contributed by atoms with E-state index in [0.29, 0.717) is 6.04 Å². The maximum atomic E-state index is 10.7. The van der Waals surface area contributed by atoms with E-state index in [1.54, 1.807) is 0 Å². The molecule has 1 saturated carbocycles. The molecule has 1 fully saturated rings. The highest BCUT2D eigenvalue weighted by Gasteiger charge is 2.13. The third-order valence-corrected chi connectivity index (χ3v) is 2.08. The highest BCUT2D eigenvalue weighted by molar-refractivity contribution is 6.24. The lowest BCUT2D eigenvalue weighted by Crippen LogP contribution is -2.36. The molecule has 62 valence electrons. The van der Waals surface area contributed by atoms with E-state index >= 15 is 0 Å². The van der Waals surface area contributed by atoms with Crippen molar-refractivity contribution in [2.75, 3.05) is 0 Å². The second-order valence-corrected chi connectivity index (χ2v) is 2.99. The van der Waals surface area contributed by atoms with Gasteiger partial charge in [-0.3, -0.25) is 4.79 Å². The minimum absolute atomic E-state index is 0.253. The first-order valence-electron chi connectivity index (χ1n) is 4.14. The Hall–Kier alpha value is -0.860. The predicted octanol–water partition coefficient (Wildman–Crippen LogP) is 1.08. The van der Waals surface area contributed by atoms with Gasteiger partial charge in [0.1, 0.15) is 0 Å². The van der Waals surface area contributed by atoms with Crippen LogP contribution >= 0.6 is 0 Å². The summed E-state index contributed by atoms with van der Waals surface area (Å²) in [5, 5.41) is 9.48. The van der Waals surface area contributed by atoms with Crippen molar-refractivity contribution in [3.8, 4) is 0 Å². The predicted molar refractivity (Wildman–Crippen MR) is 43.8 cm³/mol. The van der Waals surface area contributed by atoms with Crippen LogP contribution in [0.5, 0.6) is 0 Å². The van der Waals surface area contributed by atoms with Crippen LogP contribution in [0.4, 0.5) is 0 Å². The largest absolute Gasteiger partial charge is 0.349 e. The first-order chi connectivity index (χ1) is 5.33. The molecule has 0 aromatic carbocycles. The van der Waals surface area contributed by atoms with Gasteiger partial charge >= 0.3 is 0 Å². The fourth-order valence-electron chi connectivity index (χ4n) is 1.49. The Morgan fingerprint density at radius 3 is 2.55 bits per heavy atom. The molecule has 0 unspecified atom stereocenters. The lowest BCUT2D eigenvalue weighted by atomic mass is 9.95. The lowest BCUT2D eigenvalue weighted by Gasteiger charge is -2.21. The monoisotopic (exact) mass is 154 g/mol. The van der Waals surface area contributed by atoms with Crippen molar-refractivity contribution in [2.45, 2.75) is 38.1 Å². The SMILES string of the molecule is N=CC(=O)NC1CCCCC1. The van der Waals surface area contributed by atoms with Crippen LogP contribution in [0.3, 0.4) is 0 Å². The maximum absolute atomic E-state index is 10.7. The normalized spacial score (nSPS) is 19.3. The van der Waals surface area contributed by atoms with Gasteiger partial charge in [0.05, 0.1) is 6.21 Å². The topological polar surface area (TPSA) is 53.0 Å². The molecule has 0 heterocycles. The van der Waals surface area contributed by atoms with Gasteiger partial charge in [-0.05, 0) is 12.8 Å². The van der Waals surface area contributed by atoms with E-state index in [1.807, 2.05) is 0 Å². The lowest BCUT2D eigenvalue weighted by molar-refractivity contribution is -0.115. The molecule has 0 saturated heterocycles. The van der Waals surface area contributed by atoms with Gasteiger partial charge in [-0.1, -0.05) is 19.3 Å². The molecule has 0 atom stereocenters. The molecule has 1 amide bonds. The first-order valence-corrected chi connectivity index (χ1v) is 4.14. The average molecular weight is 154 g/mol. The van der Waals surface area contributed by atoms with Crippen molar-refractivity contribution >= 4 is 12.1 Å². The van der Waals surface area contributed by atoms with Crippen LogP contribution in [-0.2, 0) is 4.79 Å². The zero-order valence-electron chi connectivity index (χ0n) is 6.60. The summed E-state index contributed by atoms with van der Waals surface area (Å²) in [6.07, 6.45) is 6.72. The highest BCUT2D eigenvalue weighted by atomic mass is 16.1. The average Bonchev–Trinajstić information content (AvgIpc) is 2.06. The van der Waals surface area contributed by atoms with Crippen LogP contribution in [0.15, 0.2) is 0 Å². The van der Waals surface area contributed by atoms with Crippen molar-refractivity contribution in [3.63, 3.8) is 0 Å². The van der Waals surface area contributed by atoms with Crippen LogP contribution in [0, 0.1) is 5.41 Å². The van der Waals surface area contributed by atoms with Crippen molar-refractivity contribution in [2.24, 2.45) is 0 Å². The third kappa shape index (κ3) is 2.70. The molecule has 0 spiro atoms. The zero-order valence-corrected chi connectivity index (χ0v) is 6.60. The van der Waals surface area contributed by atoms with Gasteiger partial charge in [0.25, 0.3) is 5.91 Å². The molecule has 0 radical (unpaired) electrons. The standard InChI is InChI=1S/C8H14N2O/c9-6-8(11)10-7-4-2-1-3-5-7/h6-7,9H,1-5H2,(H,10,11). The molecule has 1 aliphatic carbocycles. The van der Waals surface area contributed by atoms with Gasteiger partial charge < -0.3 is 10.7 Å². The molecule has 3 heteroatoms. The molecule has 0 aromatic heterocycles. The molecular formula is C8H14N2O. The molecule has 0 bridgehead atoms.